The van der Waals surface area contributed by atoms with Crippen molar-refractivity contribution in [2.24, 2.45) is 0 Å². The number of ether oxygens (including phenoxy) is 2. The van der Waals surface area contributed by atoms with E-state index >= 15 is 0 Å². The lowest BCUT2D eigenvalue weighted by atomic mass is 10.1. The molecule has 5 nitrogen and oxygen atoms in total. The van der Waals surface area contributed by atoms with E-state index in [9.17, 15) is 14.7 Å². The lowest BCUT2D eigenvalue weighted by Crippen LogP contribution is -2.28. The number of aliphatic hydroxyl groups is 1. The van der Waals surface area contributed by atoms with Crippen molar-refractivity contribution in [3.05, 3.63) is 60.8 Å². The van der Waals surface area contributed by atoms with E-state index in [1.54, 1.807) is 0 Å². The van der Waals surface area contributed by atoms with E-state index < -0.39 is 6.10 Å². The lowest BCUT2D eigenvalue weighted by molar-refractivity contribution is -0.161. The number of carbonyl (C=O) groups excluding carboxylic acids is 2. The van der Waals surface area contributed by atoms with Crippen LogP contribution in [0.3, 0.4) is 0 Å². The van der Waals surface area contributed by atoms with Crippen molar-refractivity contribution < 1.29 is 24.2 Å². The number of hydrogen-bond acceptors (Lipinski definition) is 5. The van der Waals surface area contributed by atoms with Crippen LogP contribution >= 0.6 is 0 Å². The van der Waals surface area contributed by atoms with Crippen LogP contribution in [0.4, 0.5) is 0 Å². The van der Waals surface area contributed by atoms with E-state index in [-0.39, 0.29) is 25.2 Å². The maximum Gasteiger partial charge on any atom is 0.306 e. The zero-order chi connectivity index (χ0) is 26.5. The molecule has 204 valence electrons. The minimum atomic E-state index is -0.800. The van der Waals surface area contributed by atoms with E-state index in [2.05, 4.69) is 38.2 Å². The summed E-state index contributed by atoms with van der Waals surface area (Å²) in [6.45, 7) is 3.85. The molecule has 0 saturated heterocycles. The number of unbranched alkanes of at least 4 members (excludes halogenated alkanes) is 8. The van der Waals surface area contributed by atoms with Crippen molar-refractivity contribution in [3.63, 3.8) is 0 Å². The fourth-order valence-corrected chi connectivity index (χ4v) is 3.27. The van der Waals surface area contributed by atoms with Crippen LogP contribution in [-0.4, -0.2) is 36.4 Å². The lowest BCUT2D eigenvalue weighted by Gasteiger charge is -2.15. The molecule has 0 rings (SSSR count). The van der Waals surface area contributed by atoms with Gasteiger partial charge in [0.25, 0.3) is 0 Å². The van der Waals surface area contributed by atoms with Gasteiger partial charge in [-0.2, -0.15) is 0 Å². The van der Waals surface area contributed by atoms with Crippen molar-refractivity contribution in [1.82, 2.24) is 0 Å². The second-order valence-electron chi connectivity index (χ2n) is 8.82. The van der Waals surface area contributed by atoms with Crippen LogP contribution in [0, 0.1) is 0 Å². The van der Waals surface area contributed by atoms with E-state index in [4.69, 9.17) is 9.47 Å². The molecule has 1 unspecified atom stereocenters. The Balaban J connectivity index is 3.78. The fourth-order valence-electron chi connectivity index (χ4n) is 3.27. The van der Waals surface area contributed by atoms with Gasteiger partial charge in [-0.1, -0.05) is 100 Å². The quantitative estimate of drug-likeness (QED) is 0.0670. The van der Waals surface area contributed by atoms with Crippen molar-refractivity contribution >= 4 is 11.9 Å². The summed E-state index contributed by atoms with van der Waals surface area (Å²) in [5.41, 5.74) is 0. The van der Waals surface area contributed by atoms with Gasteiger partial charge in [0.05, 0.1) is 6.61 Å². The molecule has 0 heterocycles. The van der Waals surface area contributed by atoms with Gasteiger partial charge in [0.15, 0.2) is 6.10 Å². The van der Waals surface area contributed by atoms with E-state index in [0.29, 0.717) is 19.3 Å². The number of rotatable bonds is 23. The Morgan fingerprint density at radius 1 is 0.667 bits per heavy atom. The summed E-state index contributed by atoms with van der Waals surface area (Å²) < 4.78 is 10.4. The fraction of sp³-hybridized carbons (Fsp3) is 0.613. The average Bonchev–Trinajstić information content (AvgIpc) is 2.88. The molecular weight excluding hydrogens is 452 g/mol. The van der Waals surface area contributed by atoms with Gasteiger partial charge in [0, 0.05) is 12.8 Å². The Hall–Kier alpha value is -2.40. The predicted molar refractivity (Wildman–Crippen MR) is 150 cm³/mol. The highest BCUT2D eigenvalue weighted by Crippen LogP contribution is 2.08. The predicted octanol–water partition coefficient (Wildman–Crippen LogP) is 7.72. The number of hydrogen-bond donors (Lipinski definition) is 1. The molecule has 0 aromatic rings. The zero-order valence-corrected chi connectivity index (χ0v) is 22.7. The van der Waals surface area contributed by atoms with Crippen molar-refractivity contribution in [2.45, 2.75) is 110 Å². The third-order valence-corrected chi connectivity index (χ3v) is 5.39. The number of allylic oxidation sites excluding steroid dienone is 10. The first-order valence-corrected chi connectivity index (χ1v) is 13.9. The highest BCUT2D eigenvalue weighted by Gasteiger charge is 2.15. The maximum atomic E-state index is 12.0. The summed E-state index contributed by atoms with van der Waals surface area (Å²) in [6.07, 6.45) is 32.8. The summed E-state index contributed by atoms with van der Waals surface area (Å²) in [7, 11) is 0. The van der Waals surface area contributed by atoms with E-state index in [1.165, 1.54) is 25.7 Å². The van der Waals surface area contributed by atoms with Crippen molar-refractivity contribution in [1.29, 1.82) is 0 Å². The first kappa shape index (κ1) is 33.6. The van der Waals surface area contributed by atoms with Gasteiger partial charge in [-0.25, -0.2) is 0 Å². The topological polar surface area (TPSA) is 72.8 Å². The van der Waals surface area contributed by atoms with Crippen LogP contribution in [-0.2, 0) is 19.1 Å². The molecule has 0 fully saturated rings. The minimum absolute atomic E-state index is 0.101. The van der Waals surface area contributed by atoms with Crippen molar-refractivity contribution in [2.75, 3.05) is 13.2 Å². The molecule has 0 radical (unpaired) electrons. The molecule has 0 spiro atoms. The summed E-state index contributed by atoms with van der Waals surface area (Å²) in [5, 5.41) is 9.42. The Morgan fingerprint density at radius 3 is 1.92 bits per heavy atom. The van der Waals surface area contributed by atoms with Gasteiger partial charge < -0.3 is 14.6 Å². The highest BCUT2D eigenvalue weighted by atomic mass is 16.6. The highest BCUT2D eigenvalue weighted by molar-refractivity contribution is 5.70. The Morgan fingerprint density at radius 2 is 1.25 bits per heavy atom. The van der Waals surface area contributed by atoms with Gasteiger partial charge in [-0.3, -0.25) is 9.59 Å². The van der Waals surface area contributed by atoms with Crippen LogP contribution in [0.2, 0.25) is 0 Å². The standard InChI is InChI=1S/C31H50O5/c1-3-5-7-9-11-13-14-15-16-18-19-21-23-25-30(33)35-28-29(27-32)36-31(34)26-24-22-20-17-12-10-8-6-4-2/h5,7,9,11,13-17,20,29,32H,3-4,6,8,10,12,18-19,21-28H2,1-2H3/b7-5+,11-9+,14-13+,16-15+,20-17+. The zero-order valence-electron chi connectivity index (χ0n) is 22.7. The molecule has 0 saturated carbocycles. The Kier molecular flexibility index (Phi) is 25.4. The molecular formula is C31H50O5. The van der Waals surface area contributed by atoms with Gasteiger partial charge in [0.1, 0.15) is 6.61 Å². The van der Waals surface area contributed by atoms with E-state index in [1.807, 2.05) is 36.5 Å². The molecule has 0 aliphatic rings. The normalized spacial score (nSPS) is 13.1. The first-order valence-electron chi connectivity index (χ1n) is 13.9. The molecule has 36 heavy (non-hydrogen) atoms. The molecule has 0 aliphatic carbocycles. The number of aliphatic hydroxyl groups excluding tert-OH is 1. The van der Waals surface area contributed by atoms with Gasteiger partial charge in [-0.15, -0.1) is 0 Å². The van der Waals surface area contributed by atoms with Crippen LogP contribution in [0.25, 0.3) is 0 Å². The SMILES string of the molecule is CC/C=C/C=C/C=C/C=C/CCCCCC(=O)OCC(CO)OC(=O)CCC/C=C/CCCCCC. The number of carbonyl (C=O) groups is 2. The largest absolute Gasteiger partial charge is 0.462 e. The molecule has 1 N–H and O–H groups in total. The van der Waals surface area contributed by atoms with Crippen LogP contribution in [0.1, 0.15) is 104 Å². The maximum absolute atomic E-state index is 12.0. The molecule has 0 aromatic carbocycles. The molecule has 1 atom stereocenters. The van der Waals surface area contributed by atoms with Crippen LogP contribution < -0.4 is 0 Å². The smallest absolute Gasteiger partial charge is 0.306 e. The van der Waals surface area contributed by atoms with Gasteiger partial charge in [0.2, 0.25) is 0 Å². The minimum Gasteiger partial charge on any atom is -0.462 e. The molecule has 0 aromatic heterocycles. The number of esters is 2. The summed E-state index contributed by atoms with van der Waals surface area (Å²) in [6, 6.07) is 0. The molecule has 0 amide bonds. The summed E-state index contributed by atoms with van der Waals surface area (Å²) in [4.78, 5) is 23.9. The molecule has 0 bridgehead atoms. The summed E-state index contributed by atoms with van der Waals surface area (Å²) >= 11 is 0. The van der Waals surface area contributed by atoms with Crippen molar-refractivity contribution in [3.8, 4) is 0 Å². The van der Waals surface area contributed by atoms with E-state index in [0.717, 1.165) is 44.9 Å². The Bertz CT molecular complexity index is 672. The van der Waals surface area contributed by atoms with Gasteiger partial charge >= 0.3 is 11.9 Å². The molecule has 0 aliphatic heterocycles. The second-order valence-corrected chi connectivity index (χ2v) is 8.82. The van der Waals surface area contributed by atoms with Crippen LogP contribution in [0.15, 0.2) is 60.8 Å². The average molecular weight is 503 g/mol. The first-order chi connectivity index (χ1) is 17.6. The molecule has 5 heteroatoms. The second kappa shape index (κ2) is 27.2. The summed E-state index contributed by atoms with van der Waals surface area (Å²) in [5.74, 6) is -0.690. The third-order valence-electron chi connectivity index (χ3n) is 5.39. The van der Waals surface area contributed by atoms with Gasteiger partial charge in [-0.05, 0) is 51.4 Å². The third kappa shape index (κ3) is 24.7. The monoisotopic (exact) mass is 502 g/mol. The Labute approximate surface area is 220 Å². The van der Waals surface area contributed by atoms with Crippen LogP contribution in [0.5, 0.6) is 0 Å².